The molecule has 2 aliphatic heterocycles. The van der Waals surface area contributed by atoms with Crippen molar-refractivity contribution in [2.75, 3.05) is 37.7 Å². The lowest BCUT2D eigenvalue weighted by Crippen LogP contribution is -2.45. The summed E-state index contributed by atoms with van der Waals surface area (Å²) < 4.78 is 0. The molecular formula is C17H25N3O3. The molecule has 1 aromatic heterocycles. The molecule has 126 valence electrons. The number of amides is 1. The van der Waals surface area contributed by atoms with Gasteiger partial charge in [0.25, 0.3) is 5.91 Å². The SMILES string of the molecule is O=C(c1ccc(N2CC[C@H](O)[C@H](CO)C2)nc1)N1CCCCC1. The van der Waals surface area contributed by atoms with Crippen molar-refractivity contribution in [1.29, 1.82) is 0 Å². The van der Waals surface area contributed by atoms with E-state index in [0.717, 1.165) is 31.7 Å². The van der Waals surface area contributed by atoms with Gasteiger partial charge in [-0.1, -0.05) is 0 Å². The highest BCUT2D eigenvalue weighted by Crippen LogP contribution is 2.22. The number of hydrogen-bond donors (Lipinski definition) is 2. The lowest BCUT2D eigenvalue weighted by Gasteiger charge is -2.36. The molecule has 0 aliphatic carbocycles. The highest BCUT2D eigenvalue weighted by Gasteiger charge is 2.28. The number of carbonyl (C=O) groups is 1. The molecule has 1 amide bonds. The Labute approximate surface area is 136 Å². The van der Waals surface area contributed by atoms with Crippen molar-refractivity contribution in [3.8, 4) is 0 Å². The van der Waals surface area contributed by atoms with Gasteiger partial charge in [-0.2, -0.15) is 0 Å². The van der Waals surface area contributed by atoms with E-state index in [1.807, 2.05) is 17.0 Å². The Morgan fingerprint density at radius 3 is 2.65 bits per heavy atom. The van der Waals surface area contributed by atoms with Gasteiger partial charge >= 0.3 is 0 Å². The van der Waals surface area contributed by atoms with E-state index in [1.54, 1.807) is 6.20 Å². The average Bonchev–Trinajstić information content (AvgIpc) is 2.62. The maximum Gasteiger partial charge on any atom is 0.255 e. The summed E-state index contributed by atoms with van der Waals surface area (Å²) in [5.41, 5.74) is 0.631. The summed E-state index contributed by atoms with van der Waals surface area (Å²) in [4.78, 5) is 20.8. The number of aliphatic hydroxyl groups excluding tert-OH is 2. The Morgan fingerprint density at radius 2 is 2.00 bits per heavy atom. The zero-order valence-corrected chi connectivity index (χ0v) is 13.4. The van der Waals surface area contributed by atoms with Gasteiger partial charge in [-0.3, -0.25) is 4.79 Å². The number of hydrogen-bond acceptors (Lipinski definition) is 5. The fourth-order valence-corrected chi connectivity index (χ4v) is 3.39. The molecule has 23 heavy (non-hydrogen) atoms. The third-order valence-corrected chi connectivity index (χ3v) is 4.89. The van der Waals surface area contributed by atoms with E-state index >= 15 is 0 Å². The molecule has 2 atom stereocenters. The normalized spacial score (nSPS) is 25.5. The lowest BCUT2D eigenvalue weighted by atomic mass is 9.95. The zero-order valence-electron chi connectivity index (χ0n) is 13.4. The van der Waals surface area contributed by atoms with Crippen LogP contribution in [0.2, 0.25) is 0 Å². The fourth-order valence-electron chi connectivity index (χ4n) is 3.39. The number of anilines is 1. The van der Waals surface area contributed by atoms with Crippen molar-refractivity contribution in [2.45, 2.75) is 31.8 Å². The molecule has 0 saturated carbocycles. The molecule has 0 bridgehead atoms. The maximum absolute atomic E-state index is 12.4. The van der Waals surface area contributed by atoms with Crippen molar-refractivity contribution in [1.82, 2.24) is 9.88 Å². The highest BCUT2D eigenvalue weighted by molar-refractivity contribution is 5.94. The molecular weight excluding hydrogens is 294 g/mol. The monoisotopic (exact) mass is 319 g/mol. The van der Waals surface area contributed by atoms with Crippen LogP contribution in [0.25, 0.3) is 0 Å². The fraction of sp³-hybridized carbons (Fsp3) is 0.647. The van der Waals surface area contributed by atoms with Crippen LogP contribution in [0, 0.1) is 5.92 Å². The first-order valence-corrected chi connectivity index (χ1v) is 8.48. The summed E-state index contributed by atoms with van der Waals surface area (Å²) in [6, 6.07) is 3.70. The molecule has 2 N–H and O–H groups in total. The molecule has 2 fully saturated rings. The third-order valence-electron chi connectivity index (χ3n) is 4.89. The van der Waals surface area contributed by atoms with Gasteiger partial charge in [0.1, 0.15) is 5.82 Å². The average molecular weight is 319 g/mol. The minimum absolute atomic E-state index is 0.0246. The lowest BCUT2D eigenvalue weighted by molar-refractivity contribution is 0.0524. The van der Waals surface area contributed by atoms with E-state index in [4.69, 9.17) is 0 Å². The van der Waals surface area contributed by atoms with Crippen molar-refractivity contribution < 1.29 is 15.0 Å². The third kappa shape index (κ3) is 3.64. The second-order valence-electron chi connectivity index (χ2n) is 6.50. The minimum atomic E-state index is -0.448. The van der Waals surface area contributed by atoms with Gasteiger partial charge in [0.05, 0.1) is 18.3 Å². The van der Waals surface area contributed by atoms with Crippen LogP contribution >= 0.6 is 0 Å². The van der Waals surface area contributed by atoms with E-state index in [2.05, 4.69) is 9.88 Å². The van der Waals surface area contributed by atoms with E-state index < -0.39 is 6.10 Å². The van der Waals surface area contributed by atoms with Gasteiger partial charge in [0, 0.05) is 38.3 Å². The van der Waals surface area contributed by atoms with E-state index in [1.165, 1.54) is 6.42 Å². The first-order chi connectivity index (χ1) is 11.2. The van der Waals surface area contributed by atoms with E-state index in [0.29, 0.717) is 25.1 Å². The number of carbonyl (C=O) groups excluding carboxylic acids is 1. The van der Waals surface area contributed by atoms with Crippen LogP contribution in [0.5, 0.6) is 0 Å². The topological polar surface area (TPSA) is 76.9 Å². The van der Waals surface area contributed by atoms with E-state index in [9.17, 15) is 15.0 Å². The Hall–Kier alpha value is -1.66. The Balaban J connectivity index is 1.66. The summed E-state index contributed by atoms with van der Waals surface area (Å²) in [5.74, 6) is 0.719. The molecule has 0 radical (unpaired) electrons. The minimum Gasteiger partial charge on any atom is -0.396 e. The summed E-state index contributed by atoms with van der Waals surface area (Å²) in [7, 11) is 0. The van der Waals surface area contributed by atoms with Crippen LogP contribution in [0.4, 0.5) is 5.82 Å². The van der Waals surface area contributed by atoms with Gasteiger partial charge in [0.15, 0.2) is 0 Å². The molecule has 1 aromatic rings. The second-order valence-corrected chi connectivity index (χ2v) is 6.50. The molecule has 0 aromatic carbocycles. The summed E-state index contributed by atoms with van der Waals surface area (Å²) in [6.07, 6.45) is 5.18. The van der Waals surface area contributed by atoms with Crippen molar-refractivity contribution >= 4 is 11.7 Å². The largest absolute Gasteiger partial charge is 0.396 e. The summed E-state index contributed by atoms with van der Waals surface area (Å²) in [5, 5.41) is 19.2. The Bertz CT molecular complexity index is 528. The van der Waals surface area contributed by atoms with Crippen LogP contribution in [-0.4, -0.2) is 64.9 Å². The Kier molecular flexibility index (Phi) is 5.13. The standard InChI is InChI=1S/C17H25N3O3/c21-12-14-11-20(9-6-15(14)22)16-5-4-13(10-18-16)17(23)19-7-2-1-3-8-19/h4-5,10,14-15,21-22H,1-3,6-9,11-12H2/t14-,15-/m0/s1. The number of rotatable bonds is 3. The van der Waals surface area contributed by atoms with Crippen LogP contribution in [0.15, 0.2) is 18.3 Å². The quantitative estimate of drug-likeness (QED) is 0.865. The van der Waals surface area contributed by atoms with Crippen molar-refractivity contribution in [2.24, 2.45) is 5.92 Å². The molecule has 0 unspecified atom stereocenters. The predicted octanol–water partition coefficient (Wildman–Crippen LogP) is 0.887. The first kappa shape index (κ1) is 16.2. The molecule has 3 heterocycles. The molecule has 3 rings (SSSR count). The molecule has 2 saturated heterocycles. The number of piperidine rings is 2. The van der Waals surface area contributed by atoms with Crippen molar-refractivity contribution in [3.05, 3.63) is 23.9 Å². The van der Waals surface area contributed by atoms with Gasteiger partial charge in [-0.05, 0) is 37.8 Å². The van der Waals surface area contributed by atoms with Crippen LogP contribution in [-0.2, 0) is 0 Å². The maximum atomic E-state index is 12.4. The molecule has 6 nitrogen and oxygen atoms in total. The smallest absolute Gasteiger partial charge is 0.255 e. The van der Waals surface area contributed by atoms with E-state index in [-0.39, 0.29) is 18.4 Å². The zero-order chi connectivity index (χ0) is 16.2. The number of pyridine rings is 1. The second kappa shape index (κ2) is 7.27. The number of likely N-dealkylation sites (tertiary alicyclic amines) is 1. The first-order valence-electron chi connectivity index (χ1n) is 8.48. The van der Waals surface area contributed by atoms with Gasteiger partial charge < -0.3 is 20.0 Å². The number of nitrogens with zero attached hydrogens (tertiary/aromatic N) is 3. The molecule has 6 heteroatoms. The van der Waals surface area contributed by atoms with Crippen LogP contribution in [0.3, 0.4) is 0 Å². The predicted molar refractivity (Wildman–Crippen MR) is 87.4 cm³/mol. The van der Waals surface area contributed by atoms with Crippen LogP contribution in [0.1, 0.15) is 36.0 Å². The van der Waals surface area contributed by atoms with Crippen LogP contribution < -0.4 is 4.90 Å². The Morgan fingerprint density at radius 1 is 1.22 bits per heavy atom. The van der Waals surface area contributed by atoms with Gasteiger partial charge in [-0.25, -0.2) is 4.98 Å². The molecule has 2 aliphatic rings. The number of aromatic nitrogens is 1. The van der Waals surface area contributed by atoms with Gasteiger partial charge in [-0.15, -0.1) is 0 Å². The summed E-state index contributed by atoms with van der Waals surface area (Å²) in [6.45, 7) is 2.95. The van der Waals surface area contributed by atoms with Gasteiger partial charge in [0.2, 0.25) is 0 Å². The van der Waals surface area contributed by atoms with Crippen molar-refractivity contribution in [3.63, 3.8) is 0 Å². The molecule has 0 spiro atoms. The number of aliphatic hydroxyl groups is 2. The highest BCUT2D eigenvalue weighted by atomic mass is 16.3. The summed E-state index contributed by atoms with van der Waals surface area (Å²) >= 11 is 0.